The van der Waals surface area contributed by atoms with Gasteiger partial charge in [0.1, 0.15) is 36.0 Å². The second-order valence-corrected chi connectivity index (χ2v) is 11.2. The lowest BCUT2D eigenvalue weighted by Gasteiger charge is -2.28. The summed E-state index contributed by atoms with van der Waals surface area (Å²) in [5.74, 6) is -4.61. The number of phosphoric acid groups is 3. The van der Waals surface area contributed by atoms with Crippen molar-refractivity contribution in [2.45, 2.75) is 30.5 Å². The number of fused-ring (bicyclic) bond motifs is 1. The van der Waals surface area contributed by atoms with E-state index in [1.165, 1.54) is 0 Å². The van der Waals surface area contributed by atoms with Gasteiger partial charge < -0.3 is 39.6 Å². The standard InChI is InChI=1S/C12H16N3O16P3/c16-6-1-4-7(11(19)15-6)13-3-14-9(4)12(20)10(18)8(17)5(29-12)2-28-33(24,25)31-34(26,27)30-32(21,22)23/h3,5,8,10,17-18,20H,1-2H2,(H,24,25)(H,26,27)(H,15,16,19)(H2,21,22,23)/t5-,8-,10-,12+/m1/s1. The van der Waals surface area contributed by atoms with E-state index in [0.717, 1.165) is 6.33 Å². The average molecular weight is 551 g/mol. The predicted molar refractivity (Wildman–Crippen MR) is 98.8 cm³/mol. The van der Waals surface area contributed by atoms with Crippen LogP contribution in [0.5, 0.6) is 0 Å². The Bertz CT molecular complexity index is 1160. The lowest BCUT2D eigenvalue weighted by Crippen LogP contribution is -2.45. The highest BCUT2D eigenvalue weighted by atomic mass is 31.3. The van der Waals surface area contributed by atoms with E-state index in [1.54, 1.807) is 0 Å². The van der Waals surface area contributed by atoms with Crippen LogP contribution in [0.4, 0.5) is 0 Å². The molecule has 34 heavy (non-hydrogen) atoms. The van der Waals surface area contributed by atoms with Crippen molar-refractivity contribution >= 4 is 35.3 Å². The Labute approximate surface area is 187 Å². The van der Waals surface area contributed by atoms with E-state index in [9.17, 15) is 43.5 Å². The summed E-state index contributed by atoms with van der Waals surface area (Å²) < 4.78 is 50.3. The molecule has 3 rings (SSSR count). The molecule has 1 saturated heterocycles. The third-order valence-corrected chi connectivity index (χ3v) is 8.15. The normalized spacial score (nSPS) is 30.9. The summed E-state index contributed by atoms with van der Waals surface area (Å²) in [4.78, 5) is 66.7. The van der Waals surface area contributed by atoms with Crippen molar-refractivity contribution in [3.63, 3.8) is 0 Å². The van der Waals surface area contributed by atoms with Crippen LogP contribution in [0.3, 0.4) is 0 Å². The zero-order valence-corrected chi connectivity index (χ0v) is 18.9. The SMILES string of the molecule is O=C1Cc2c(ncnc2[C@]2(O)O[C@H](COP(=O)(O)OP(=O)(O)OP(=O)(O)O)[C@@H](O)[C@H]2O)C(=O)N1. The van der Waals surface area contributed by atoms with Gasteiger partial charge in [0.05, 0.1) is 13.0 Å². The summed E-state index contributed by atoms with van der Waals surface area (Å²) >= 11 is 0. The summed E-state index contributed by atoms with van der Waals surface area (Å²) in [6, 6.07) is 0. The monoisotopic (exact) mass is 551 g/mol. The number of aromatic nitrogens is 2. The summed E-state index contributed by atoms with van der Waals surface area (Å²) in [6.45, 7) is -1.21. The van der Waals surface area contributed by atoms with Crippen LogP contribution in [-0.4, -0.2) is 81.6 Å². The Kier molecular flexibility index (Phi) is 7.29. The van der Waals surface area contributed by atoms with Crippen LogP contribution in [0.2, 0.25) is 0 Å². The molecule has 190 valence electrons. The molecule has 1 aromatic rings. The molecule has 1 fully saturated rings. The zero-order valence-electron chi connectivity index (χ0n) is 16.3. The van der Waals surface area contributed by atoms with Crippen LogP contribution in [0.15, 0.2) is 6.33 Å². The zero-order chi connectivity index (χ0) is 25.7. The molecule has 0 bridgehead atoms. The van der Waals surface area contributed by atoms with E-state index in [0.29, 0.717) is 0 Å². The van der Waals surface area contributed by atoms with Gasteiger partial charge >= 0.3 is 23.5 Å². The van der Waals surface area contributed by atoms with Crippen molar-refractivity contribution in [3.05, 3.63) is 23.3 Å². The number of hydrogen-bond acceptors (Lipinski definition) is 14. The maximum absolute atomic E-state index is 11.9. The quantitative estimate of drug-likeness (QED) is 0.117. The Morgan fingerprint density at radius 2 is 1.74 bits per heavy atom. The second kappa shape index (κ2) is 9.16. The summed E-state index contributed by atoms with van der Waals surface area (Å²) in [6.07, 6.45) is -5.85. The third-order valence-electron chi connectivity index (χ3n) is 4.34. The molecule has 1 aromatic heterocycles. The van der Waals surface area contributed by atoms with Gasteiger partial charge in [-0.05, 0) is 0 Å². The molecule has 0 aromatic carbocycles. The van der Waals surface area contributed by atoms with E-state index in [1.807, 2.05) is 5.32 Å². The van der Waals surface area contributed by atoms with Crippen molar-refractivity contribution in [1.82, 2.24) is 15.3 Å². The van der Waals surface area contributed by atoms with E-state index < -0.39 is 78.1 Å². The summed E-state index contributed by atoms with van der Waals surface area (Å²) in [7, 11) is -17.0. The van der Waals surface area contributed by atoms with Crippen LogP contribution < -0.4 is 5.32 Å². The number of aliphatic hydroxyl groups excluding tert-OH is 2. The van der Waals surface area contributed by atoms with Crippen molar-refractivity contribution in [2.75, 3.05) is 6.61 Å². The van der Waals surface area contributed by atoms with Gasteiger partial charge in [0.15, 0.2) is 0 Å². The third kappa shape index (κ3) is 5.81. The number of imide groups is 1. The maximum Gasteiger partial charge on any atom is 0.490 e. The molecule has 0 radical (unpaired) electrons. The van der Waals surface area contributed by atoms with Crippen LogP contribution in [-0.2, 0) is 48.6 Å². The number of hydrogen-bond donors (Lipinski definition) is 8. The smallest absolute Gasteiger partial charge is 0.387 e. The van der Waals surface area contributed by atoms with Crippen molar-refractivity contribution in [3.8, 4) is 0 Å². The Morgan fingerprint density at radius 1 is 1.09 bits per heavy atom. The van der Waals surface area contributed by atoms with Gasteiger partial charge in [-0.25, -0.2) is 23.7 Å². The van der Waals surface area contributed by atoms with Gasteiger partial charge in [0.2, 0.25) is 11.7 Å². The lowest BCUT2D eigenvalue weighted by atomic mass is 9.94. The minimum absolute atomic E-state index is 0.237. The number of carbonyl (C=O) groups excluding carboxylic acids is 2. The van der Waals surface area contributed by atoms with Crippen LogP contribution in [0, 0.1) is 0 Å². The van der Waals surface area contributed by atoms with E-state index in [-0.39, 0.29) is 11.3 Å². The van der Waals surface area contributed by atoms with Gasteiger partial charge in [-0.3, -0.25) is 19.4 Å². The Morgan fingerprint density at radius 3 is 2.35 bits per heavy atom. The number of amides is 2. The maximum atomic E-state index is 11.9. The van der Waals surface area contributed by atoms with E-state index in [2.05, 4.69) is 23.1 Å². The average Bonchev–Trinajstić information content (AvgIpc) is 2.88. The highest BCUT2D eigenvalue weighted by Gasteiger charge is 2.57. The van der Waals surface area contributed by atoms with Crippen LogP contribution in [0.25, 0.3) is 0 Å². The first-order chi connectivity index (χ1) is 15.4. The van der Waals surface area contributed by atoms with Gasteiger partial charge in [0, 0.05) is 5.56 Å². The first-order valence-electron chi connectivity index (χ1n) is 8.67. The highest BCUT2D eigenvalue weighted by Crippen LogP contribution is 2.66. The summed E-state index contributed by atoms with van der Waals surface area (Å²) in [5, 5.41) is 33.4. The van der Waals surface area contributed by atoms with Gasteiger partial charge in [0.25, 0.3) is 5.91 Å². The fourth-order valence-electron chi connectivity index (χ4n) is 3.08. The fourth-order valence-corrected chi connectivity index (χ4v) is 6.11. The molecule has 19 nitrogen and oxygen atoms in total. The molecule has 6 atom stereocenters. The molecule has 0 saturated carbocycles. The second-order valence-electron chi connectivity index (χ2n) is 6.78. The van der Waals surface area contributed by atoms with Crippen molar-refractivity contribution in [1.29, 1.82) is 0 Å². The summed E-state index contributed by atoms with van der Waals surface area (Å²) in [5.41, 5.74) is -1.15. The Balaban J connectivity index is 1.78. The van der Waals surface area contributed by atoms with Crippen molar-refractivity contribution in [2.24, 2.45) is 0 Å². The van der Waals surface area contributed by atoms with E-state index in [4.69, 9.17) is 19.4 Å². The number of phosphoric ester groups is 1. The molecule has 2 aliphatic heterocycles. The largest absolute Gasteiger partial charge is 0.490 e. The van der Waals surface area contributed by atoms with Gasteiger partial charge in [-0.2, -0.15) is 8.62 Å². The molecule has 0 spiro atoms. The molecule has 3 heterocycles. The minimum Gasteiger partial charge on any atom is -0.387 e. The number of nitrogens with zero attached hydrogens (tertiary/aromatic N) is 2. The topological polar surface area (TPSA) is 302 Å². The molecule has 0 aliphatic carbocycles. The molecule has 22 heteroatoms. The van der Waals surface area contributed by atoms with Crippen molar-refractivity contribution < 1.29 is 76.1 Å². The minimum atomic E-state index is -5.81. The molecule has 2 unspecified atom stereocenters. The first-order valence-corrected chi connectivity index (χ1v) is 13.2. The fraction of sp³-hybridized carbons (Fsp3) is 0.500. The number of rotatable bonds is 8. The lowest BCUT2D eigenvalue weighted by molar-refractivity contribution is -0.242. The van der Waals surface area contributed by atoms with Gasteiger partial charge in [-0.1, -0.05) is 0 Å². The molecule has 8 N–H and O–H groups in total. The first kappa shape index (κ1) is 27.1. The molecular formula is C12H16N3O16P3. The molecular weight excluding hydrogens is 535 g/mol. The number of carbonyl (C=O) groups is 2. The van der Waals surface area contributed by atoms with Gasteiger partial charge in [-0.15, -0.1) is 0 Å². The number of nitrogens with one attached hydrogen (secondary N) is 1. The highest BCUT2D eigenvalue weighted by molar-refractivity contribution is 7.66. The molecule has 2 amide bonds. The van der Waals surface area contributed by atoms with Crippen LogP contribution >= 0.6 is 23.5 Å². The number of aliphatic hydroxyl groups is 3. The Hall–Kier alpha value is -1.53. The molecule has 2 aliphatic rings. The van der Waals surface area contributed by atoms with Crippen LogP contribution in [0.1, 0.15) is 21.7 Å². The number of ether oxygens (including phenoxy) is 1. The predicted octanol–water partition coefficient (Wildman–Crippen LogP) is -3.10. The van der Waals surface area contributed by atoms with E-state index >= 15 is 0 Å².